The number of nitrogens with zero attached hydrogens (tertiary/aromatic N) is 1. The van der Waals surface area contributed by atoms with Crippen molar-refractivity contribution >= 4 is 23.4 Å². The fourth-order valence-corrected chi connectivity index (χ4v) is 3.50. The lowest BCUT2D eigenvalue weighted by molar-refractivity contribution is -0.384. The zero-order chi connectivity index (χ0) is 16.1. The molecule has 6 heteroatoms. The van der Waals surface area contributed by atoms with Gasteiger partial charge in [0.15, 0.2) is 0 Å². The second kappa shape index (κ2) is 7.63. The van der Waals surface area contributed by atoms with Crippen LogP contribution in [0, 0.1) is 16.0 Å². The van der Waals surface area contributed by atoms with Gasteiger partial charge in [0.1, 0.15) is 0 Å². The second-order valence-electron chi connectivity index (χ2n) is 5.98. The van der Waals surface area contributed by atoms with Gasteiger partial charge >= 0.3 is 0 Å². The summed E-state index contributed by atoms with van der Waals surface area (Å²) in [6.45, 7) is 4.12. The monoisotopic (exact) mass is 322 g/mol. The first-order chi connectivity index (χ1) is 10.5. The molecule has 1 amide bonds. The van der Waals surface area contributed by atoms with Gasteiger partial charge in [-0.1, -0.05) is 6.92 Å². The molecule has 1 aromatic rings. The molecule has 0 bridgehead atoms. The average molecular weight is 322 g/mol. The number of nitro groups is 1. The number of thioether (sulfide) groups is 1. The van der Waals surface area contributed by atoms with Gasteiger partial charge in [-0.2, -0.15) is 0 Å². The summed E-state index contributed by atoms with van der Waals surface area (Å²) in [5, 5.41) is 13.5. The Morgan fingerprint density at radius 3 is 2.41 bits per heavy atom. The van der Waals surface area contributed by atoms with Gasteiger partial charge in [0, 0.05) is 23.1 Å². The number of amides is 1. The maximum atomic E-state index is 12.2. The van der Waals surface area contributed by atoms with Crippen LogP contribution < -0.4 is 5.32 Å². The number of carbonyl (C=O) groups excluding carboxylic acids is 1. The molecule has 1 aliphatic carbocycles. The van der Waals surface area contributed by atoms with Crippen LogP contribution in [0.5, 0.6) is 0 Å². The van der Waals surface area contributed by atoms with Crippen molar-refractivity contribution in [3.05, 3.63) is 34.4 Å². The van der Waals surface area contributed by atoms with Gasteiger partial charge in [0.05, 0.1) is 10.2 Å². The lowest BCUT2D eigenvalue weighted by Gasteiger charge is -2.27. The summed E-state index contributed by atoms with van der Waals surface area (Å²) in [4.78, 5) is 23.3. The van der Waals surface area contributed by atoms with Crippen LogP contribution in [-0.4, -0.2) is 22.1 Å². The number of hydrogen-bond donors (Lipinski definition) is 1. The summed E-state index contributed by atoms with van der Waals surface area (Å²) in [6.07, 6.45) is 4.47. The summed E-state index contributed by atoms with van der Waals surface area (Å²) >= 11 is 1.43. The summed E-state index contributed by atoms with van der Waals surface area (Å²) in [5.74, 6) is 0.808. The van der Waals surface area contributed by atoms with Crippen molar-refractivity contribution in [1.82, 2.24) is 5.32 Å². The van der Waals surface area contributed by atoms with Crippen LogP contribution in [0.25, 0.3) is 0 Å². The average Bonchev–Trinajstić information content (AvgIpc) is 2.50. The molecule has 120 valence electrons. The molecule has 1 saturated carbocycles. The predicted molar refractivity (Wildman–Crippen MR) is 88.0 cm³/mol. The number of hydrogen-bond acceptors (Lipinski definition) is 4. The second-order valence-corrected chi connectivity index (χ2v) is 7.39. The lowest BCUT2D eigenvalue weighted by Crippen LogP contribution is -2.41. The van der Waals surface area contributed by atoms with Crippen molar-refractivity contribution in [3.8, 4) is 0 Å². The molecule has 0 aliphatic heterocycles. The fraction of sp³-hybridized carbons (Fsp3) is 0.562. The number of rotatable bonds is 5. The van der Waals surface area contributed by atoms with E-state index >= 15 is 0 Å². The molecule has 0 spiro atoms. The van der Waals surface area contributed by atoms with Crippen molar-refractivity contribution in [2.45, 2.75) is 55.7 Å². The Labute approximate surface area is 135 Å². The van der Waals surface area contributed by atoms with Gasteiger partial charge in [-0.25, -0.2) is 0 Å². The van der Waals surface area contributed by atoms with Gasteiger partial charge in [0.2, 0.25) is 5.91 Å². The van der Waals surface area contributed by atoms with Crippen LogP contribution in [0.3, 0.4) is 0 Å². The van der Waals surface area contributed by atoms with Crippen molar-refractivity contribution in [3.63, 3.8) is 0 Å². The molecule has 0 aromatic heterocycles. The van der Waals surface area contributed by atoms with Crippen molar-refractivity contribution in [1.29, 1.82) is 0 Å². The lowest BCUT2D eigenvalue weighted by atomic mass is 9.87. The van der Waals surface area contributed by atoms with E-state index in [1.165, 1.54) is 36.7 Å². The van der Waals surface area contributed by atoms with E-state index in [1.807, 2.05) is 6.92 Å². The molecule has 2 rings (SSSR count). The molecule has 1 unspecified atom stereocenters. The molecule has 1 fully saturated rings. The van der Waals surface area contributed by atoms with E-state index in [-0.39, 0.29) is 16.8 Å². The number of carbonyl (C=O) groups is 1. The smallest absolute Gasteiger partial charge is 0.269 e. The maximum absolute atomic E-state index is 12.2. The molecule has 0 saturated heterocycles. The zero-order valence-electron chi connectivity index (χ0n) is 13.0. The summed E-state index contributed by atoms with van der Waals surface area (Å²) in [7, 11) is 0. The highest BCUT2D eigenvalue weighted by Crippen LogP contribution is 2.27. The van der Waals surface area contributed by atoms with Gasteiger partial charge in [-0.05, 0) is 50.7 Å². The van der Waals surface area contributed by atoms with Crippen LogP contribution in [0.4, 0.5) is 5.69 Å². The minimum atomic E-state index is -0.422. The largest absolute Gasteiger partial charge is 0.352 e. The van der Waals surface area contributed by atoms with E-state index in [0.29, 0.717) is 6.04 Å². The van der Waals surface area contributed by atoms with E-state index in [2.05, 4.69) is 12.2 Å². The Morgan fingerprint density at radius 1 is 1.27 bits per heavy atom. The van der Waals surface area contributed by atoms with Gasteiger partial charge in [-0.15, -0.1) is 11.8 Å². The molecule has 0 heterocycles. The minimum absolute atomic E-state index is 0.0444. The van der Waals surface area contributed by atoms with Crippen LogP contribution in [0.1, 0.15) is 39.5 Å². The fourth-order valence-electron chi connectivity index (χ4n) is 2.63. The third-order valence-electron chi connectivity index (χ3n) is 4.09. The molecule has 1 aliphatic rings. The normalized spacial score (nSPS) is 22.8. The highest BCUT2D eigenvalue weighted by atomic mass is 32.2. The molecule has 0 radical (unpaired) electrons. The van der Waals surface area contributed by atoms with Crippen molar-refractivity contribution in [2.75, 3.05) is 0 Å². The Hall–Kier alpha value is -1.56. The number of benzene rings is 1. The summed E-state index contributed by atoms with van der Waals surface area (Å²) < 4.78 is 0. The molecule has 1 N–H and O–H groups in total. The van der Waals surface area contributed by atoms with Crippen LogP contribution >= 0.6 is 11.8 Å². The van der Waals surface area contributed by atoms with E-state index in [9.17, 15) is 14.9 Å². The van der Waals surface area contributed by atoms with Gasteiger partial charge in [-0.3, -0.25) is 14.9 Å². The van der Waals surface area contributed by atoms with E-state index in [4.69, 9.17) is 0 Å². The molecule has 22 heavy (non-hydrogen) atoms. The Kier molecular flexibility index (Phi) is 5.83. The minimum Gasteiger partial charge on any atom is -0.352 e. The number of non-ortho nitro benzene ring substituents is 1. The first-order valence-electron chi connectivity index (χ1n) is 7.67. The first kappa shape index (κ1) is 16.8. The Bertz CT molecular complexity index is 525. The summed E-state index contributed by atoms with van der Waals surface area (Å²) in [6, 6.07) is 6.61. The Balaban J connectivity index is 1.84. The quantitative estimate of drug-likeness (QED) is 0.509. The maximum Gasteiger partial charge on any atom is 0.269 e. The third-order valence-corrected chi connectivity index (χ3v) is 5.20. The molecular formula is C16H22N2O3S. The highest BCUT2D eigenvalue weighted by Gasteiger charge is 2.22. The molecule has 1 atom stereocenters. The van der Waals surface area contributed by atoms with E-state index < -0.39 is 4.92 Å². The topological polar surface area (TPSA) is 72.2 Å². The standard InChI is InChI=1S/C16H22N2O3S/c1-11-3-5-13(6-4-11)17-16(19)12(2)22-15-9-7-14(8-10-15)18(20)21/h7-13H,3-6H2,1-2H3,(H,17,19). The zero-order valence-corrected chi connectivity index (χ0v) is 13.8. The number of nitrogens with one attached hydrogen (secondary N) is 1. The van der Waals surface area contributed by atoms with E-state index in [0.717, 1.165) is 23.7 Å². The van der Waals surface area contributed by atoms with E-state index in [1.54, 1.807) is 12.1 Å². The highest BCUT2D eigenvalue weighted by molar-refractivity contribution is 8.00. The summed E-state index contributed by atoms with van der Waals surface area (Å²) in [5.41, 5.74) is 0.0674. The SMILES string of the molecule is CC1CCC(NC(=O)C(C)Sc2ccc([N+](=O)[O-])cc2)CC1. The van der Waals surface area contributed by atoms with Crippen LogP contribution in [0.2, 0.25) is 0 Å². The van der Waals surface area contributed by atoms with Crippen molar-refractivity contribution in [2.24, 2.45) is 5.92 Å². The third kappa shape index (κ3) is 4.73. The van der Waals surface area contributed by atoms with Crippen LogP contribution in [-0.2, 0) is 4.79 Å². The van der Waals surface area contributed by atoms with Gasteiger partial charge < -0.3 is 5.32 Å². The Morgan fingerprint density at radius 2 is 1.86 bits per heavy atom. The molecule has 1 aromatic carbocycles. The predicted octanol–water partition coefficient (Wildman–Crippen LogP) is 3.77. The van der Waals surface area contributed by atoms with Crippen molar-refractivity contribution < 1.29 is 9.72 Å². The first-order valence-corrected chi connectivity index (χ1v) is 8.55. The number of nitro benzene ring substituents is 1. The van der Waals surface area contributed by atoms with Crippen LogP contribution in [0.15, 0.2) is 29.2 Å². The van der Waals surface area contributed by atoms with Gasteiger partial charge in [0.25, 0.3) is 5.69 Å². The molecule has 5 nitrogen and oxygen atoms in total. The molecular weight excluding hydrogens is 300 g/mol.